The number of benzene rings is 2. The zero-order valence-corrected chi connectivity index (χ0v) is 15.2. The molecule has 4 rings (SSSR count). The highest BCUT2D eigenvalue weighted by Crippen LogP contribution is 2.34. The van der Waals surface area contributed by atoms with Crippen molar-refractivity contribution >= 4 is 0 Å². The topological polar surface area (TPSA) is 17.4 Å². The predicted molar refractivity (Wildman–Crippen MR) is 101 cm³/mol. The molecule has 2 aromatic carbocycles. The van der Waals surface area contributed by atoms with E-state index in [0.29, 0.717) is 12.1 Å². The lowest BCUT2D eigenvalue weighted by Crippen LogP contribution is -2.30. The van der Waals surface area contributed by atoms with E-state index in [9.17, 15) is 8.78 Å². The van der Waals surface area contributed by atoms with Crippen LogP contribution in [0.3, 0.4) is 0 Å². The largest absolute Gasteiger partial charge is 0.497 e. The molecule has 0 amide bonds. The number of halogens is 2. The molecular weight excluding hydrogens is 346 g/mol. The number of aryl methyl sites for hydroxylation is 1. The lowest BCUT2D eigenvalue weighted by molar-refractivity contribution is 0.216. The van der Waals surface area contributed by atoms with Gasteiger partial charge in [-0.25, -0.2) is 8.78 Å². The molecule has 0 bridgehead atoms. The van der Waals surface area contributed by atoms with Gasteiger partial charge in [-0.05, 0) is 54.4 Å². The van der Waals surface area contributed by atoms with Crippen LogP contribution in [0.15, 0.2) is 60.8 Å². The SMILES string of the molecule is COc1ccc(CN2CCCn3cccc3C2c2cc(F)ccc2F)cc1. The second-order valence-corrected chi connectivity index (χ2v) is 6.87. The average Bonchev–Trinajstić information content (AvgIpc) is 3.06. The summed E-state index contributed by atoms with van der Waals surface area (Å²) in [6.07, 6.45) is 2.96. The molecule has 1 atom stereocenters. The maximum atomic E-state index is 14.7. The number of nitrogens with zero attached hydrogens (tertiary/aromatic N) is 2. The fourth-order valence-corrected chi connectivity index (χ4v) is 3.86. The minimum atomic E-state index is -0.418. The van der Waals surface area contributed by atoms with E-state index in [1.807, 2.05) is 42.6 Å². The molecule has 0 saturated carbocycles. The van der Waals surface area contributed by atoms with Gasteiger partial charge in [-0.1, -0.05) is 12.1 Å². The van der Waals surface area contributed by atoms with Gasteiger partial charge in [0, 0.05) is 37.1 Å². The number of hydrogen-bond donors (Lipinski definition) is 0. The Labute approximate surface area is 157 Å². The molecule has 0 radical (unpaired) electrons. The fourth-order valence-electron chi connectivity index (χ4n) is 3.86. The first-order valence-corrected chi connectivity index (χ1v) is 9.12. The van der Waals surface area contributed by atoms with Gasteiger partial charge in [-0.15, -0.1) is 0 Å². The number of rotatable bonds is 4. The molecule has 5 heteroatoms. The van der Waals surface area contributed by atoms with E-state index in [1.54, 1.807) is 7.11 Å². The van der Waals surface area contributed by atoms with E-state index in [4.69, 9.17) is 4.74 Å². The number of methoxy groups -OCH3 is 1. The molecule has 0 fully saturated rings. The minimum absolute atomic E-state index is 0.333. The number of aromatic nitrogens is 1. The van der Waals surface area contributed by atoms with Crippen molar-refractivity contribution in [3.8, 4) is 5.75 Å². The molecular formula is C22H22F2N2O. The van der Waals surface area contributed by atoms with Gasteiger partial charge in [0.25, 0.3) is 0 Å². The molecule has 1 unspecified atom stereocenters. The van der Waals surface area contributed by atoms with Crippen LogP contribution in [-0.4, -0.2) is 23.1 Å². The van der Waals surface area contributed by atoms with Crippen molar-refractivity contribution in [2.45, 2.75) is 25.6 Å². The highest BCUT2D eigenvalue weighted by Gasteiger charge is 2.29. The Morgan fingerprint density at radius 2 is 1.85 bits per heavy atom. The van der Waals surface area contributed by atoms with Crippen LogP contribution < -0.4 is 4.74 Å². The molecule has 3 aromatic rings. The van der Waals surface area contributed by atoms with Gasteiger partial charge in [0.2, 0.25) is 0 Å². The van der Waals surface area contributed by atoms with Crippen LogP contribution in [-0.2, 0) is 13.1 Å². The lowest BCUT2D eigenvalue weighted by Gasteiger charge is -2.31. The standard InChI is InChI=1S/C22H22F2N2O/c1-27-18-8-5-16(6-9-18)15-26-13-3-12-25-11-2-4-21(25)22(26)19-14-17(23)7-10-20(19)24/h2,4-11,14,22H,3,12-13,15H2,1H3. The Morgan fingerprint density at radius 1 is 1.04 bits per heavy atom. The Morgan fingerprint density at radius 3 is 2.63 bits per heavy atom. The van der Waals surface area contributed by atoms with Crippen LogP contribution in [0.2, 0.25) is 0 Å². The maximum absolute atomic E-state index is 14.7. The van der Waals surface area contributed by atoms with Gasteiger partial charge in [-0.2, -0.15) is 0 Å². The van der Waals surface area contributed by atoms with Gasteiger partial charge in [0.15, 0.2) is 0 Å². The van der Waals surface area contributed by atoms with E-state index in [2.05, 4.69) is 9.47 Å². The highest BCUT2D eigenvalue weighted by molar-refractivity contribution is 5.33. The van der Waals surface area contributed by atoms with Crippen LogP contribution in [0.5, 0.6) is 5.75 Å². The number of hydrogen-bond acceptors (Lipinski definition) is 2. The molecule has 27 heavy (non-hydrogen) atoms. The summed E-state index contributed by atoms with van der Waals surface area (Å²) in [5, 5.41) is 0. The van der Waals surface area contributed by atoms with Gasteiger partial charge in [0.1, 0.15) is 17.4 Å². The first kappa shape index (κ1) is 17.7. The average molecular weight is 368 g/mol. The Balaban J connectivity index is 1.74. The summed E-state index contributed by atoms with van der Waals surface area (Å²) in [6.45, 7) is 2.32. The second kappa shape index (κ2) is 7.53. The van der Waals surface area contributed by atoms with Crippen molar-refractivity contribution in [3.05, 3.63) is 89.2 Å². The molecule has 1 aromatic heterocycles. The van der Waals surface area contributed by atoms with Gasteiger partial charge < -0.3 is 9.30 Å². The Hall–Kier alpha value is -2.66. The molecule has 0 saturated heterocycles. The Kier molecular flexibility index (Phi) is 4.94. The van der Waals surface area contributed by atoms with E-state index in [1.165, 1.54) is 18.2 Å². The van der Waals surface area contributed by atoms with E-state index < -0.39 is 5.82 Å². The van der Waals surface area contributed by atoms with Crippen molar-refractivity contribution in [1.29, 1.82) is 0 Å². The Bertz CT molecular complexity index is 920. The summed E-state index contributed by atoms with van der Waals surface area (Å²) in [5.41, 5.74) is 2.48. The minimum Gasteiger partial charge on any atom is -0.497 e. The van der Waals surface area contributed by atoms with Crippen LogP contribution in [0.4, 0.5) is 8.78 Å². The quantitative estimate of drug-likeness (QED) is 0.660. The smallest absolute Gasteiger partial charge is 0.128 e. The van der Waals surface area contributed by atoms with Gasteiger partial charge in [-0.3, -0.25) is 4.90 Å². The molecule has 1 aliphatic heterocycles. The molecule has 0 spiro atoms. The van der Waals surface area contributed by atoms with Crippen molar-refractivity contribution in [2.75, 3.05) is 13.7 Å². The highest BCUT2D eigenvalue weighted by atomic mass is 19.1. The monoisotopic (exact) mass is 368 g/mol. The molecule has 2 heterocycles. The maximum Gasteiger partial charge on any atom is 0.128 e. The fraction of sp³-hybridized carbons (Fsp3) is 0.273. The summed E-state index contributed by atoms with van der Waals surface area (Å²) in [7, 11) is 1.64. The molecule has 3 nitrogen and oxygen atoms in total. The third-order valence-electron chi connectivity index (χ3n) is 5.15. The van der Waals surface area contributed by atoms with E-state index >= 15 is 0 Å². The van der Waals surface area contributed by atoms with Crippen molar-refractivity contribution < 1.29 is 13.5 Å². The van der Waals surface area contributed by atoms with Crippen LogP contribution >= 0.6 is 0 Å². The molecule has 1 aliphatic rings. The van der Waals surface area contributed by atoms with E-state index in [0.717, 1.165) is 36.5 Å². The molecule has 0 aliphatic carbocycles. The van der Waals surface area contributed by atoms with Crippen LogP contribution in [0.25, 0.3) is 0 Å². The van der Waals surface area contributed by atoms with E-state index in [-0.39, 0.29) is 11.9 Å². The first-order chi connectivity index (χ1) is 13.2. The zero-order chi connectivity index (χ0) is 18.8. The third-order valence-corrected chi connectivity index (χ3v) is 5.15. The summed E-state index contributed by atoms with van der Waals surface area (Å²) < 4.78 is 36.0. The number of ether oxygens (including phenoxy) is 1. The van der Waals surface area contributed by atoms with Crippen LogP contribution in [0.1, 0.15) is 29.3 Å². The van der Waals surface area contributed by atoms with Crippen molar-refractivity contribution in [1.82, 2.24) is 9.47 Å². The molecule has 0 N–H and O–H groups in total. The van der Waals surface area contributed by atoms with Crippen LogP contribution in [0, 0.1) is 11.6 Å². The second-order valence-electron chi connectivity index (χ2n) is 6.87. The zero-order valence-electron chi connectivity index (χ0n) is 15.2. The van der Waals surface area contributed by atoms with Gasteiger partial charge in [0.05, 0.1) is 13.2 Å². The predicted octanol–water partition coefficient (Wildman–Crippen LogP) is 4.77. The normalized spacial score (nSPS) is 17.4. The van der Waals surface area contributed by atoms with Crippen molar-refractivity contribution in [3.63, 3.8) is 0 Å². The molecule has 140 valence electrons. The third kappa shape index (κ3) is 3.60. The lowest BCUT2D eigenvalue weighted by atomic mass is 10.00. The summed E-state index contributed by atoms with van der Waals surface area (Å²) in [6, 6.07) is 15.2. The summed E-state index contributed by atoms with van der Waals surface area (Å²) in [4.78, 5) is 2.22. The van der Waals surface area contributed by atoms with Crippen molar-refractivity contribution in [2.24, 2.45) is 0 Å². The first-order valence-electron chi connectivity index (χ1n) is 9.12. The summed E-state index contributed by atoms with van der Waals surface area (Å²) >= 11 is 0. The van der Waals surface area contributed by atoms with Gasteiger partial charge >= 0.3 is 0 Å². The summed E-state index contributed by atoms with van der Waals surface area (Å²) in [5.74, 6) is 0.00477. The number of fused-ring (bicyclic) bond motifs is 1.